The molecule has 0 saturated heterocycles. The number of ether oxygens (including phenoxy) is 3. The maximum Gasteiger partial charge on any atom is 0.306 e. The SMILES string of the molecule is CCCCCCCCCCCCCCCCCC(=O)OC[C@@H](COC(=O)CCCCCCCCCCCCCC(C)C)OC(=O)CCCCCCCCCCC(C)CC. The second kappa shape index (κ2) is 45.9. The van der Waals surface area contributed by atoms with E-state index in [1.807, 2.05) is 0 Å². The zero-order chi connectivity index (χ0) is 43.3. The summed E-state index contributed by atoms with van der Waals surface area (Å²) in [7, 11) is 0. The molecule has 0 radical (unpaired) electrons. The monoisotopic (exact) mass is 835 g/mol. The molecular formula is C53H102O6. The number of carbonyl (C=O) groups excluding carboxylic acids is 3. The summed E-state index contributed by atoms with van der Waals surface area (Å²) in [6.45, 7) is 11.4. The molecule has 6 nitrogen and oxygen atoms in total. The second-order valence-corrected chi connectivity index (χ2v) is 18.9. The first-order valence-corrected chi connectivity index (χ1v) is 26.3. The summed E-state index contributed by atoms with van der Waals surface area (Å²) in [5.74, 6) is 0.823. The Morgan fingerprint density at radius 2 is 0.644 bits per heavy atom. The molecule has 1 unspecified atom stereocenters. The summed E-state index contributed by atoms with van der Waals surface area (Å²) in [5.41, 5.74) is 0. The van der Waals surface area contributed by atoms with Gasteiger partial charge in [0.15, 0.2) is 6.10 Å². The van der Waals surface area contributed by atoms with Crippen LogP contribution < -0.4 is 0 Å². The van der Waals surface area contributed by atoms with E-state index in [1.165, 1.54) is 180 Å². The van der Waals surface area contributed by atoms with Crippen LogP contribution in [0.25, 0.3) is 0 Å². The van der Waals surface area contributed by atoms with Gasteiger partial charge in [0.2, 0.25) is 0 Å². The van der Waals surface area contributed by atoms with Crippen LogP contribution in [0, 0.1) is 11.8 Å². The molecule has 59 heavy (non-hydrogen) atoms. The fourth-order valence-corrected chi connectivity index (χ4v) is 7.96. The van der Waals surface area contributed by atoms with Crippen molar-refractivity contribution in [2.45, 2.75) is 298 Å². The van der Waals surface area contributed by atoms with Gasteiger partial charge in [-0.3, -0.25) is 14.4 Å². The normalized spacial score (nSPS) is 12.5. The summed E-state index contributed by atoms with van der Waals surface area (Å²) >= 11 is 0. The summed E-state index contributed by atoms with van der Waals surface area (Å²) in [4.78, 5) is 38.0. The van der Waals surface area contributed by atoms with E-state index in [4.69, 9.17) is 14.2 Å². The minimum Gasteiger partial charge on any atom is -0.462 e. The molecule has 350 valence electrons. The highest BCUT2D eigenvalue weighted by atomic mass is 16.6. The Bertz CT molecular complexity index is 902. The summed E-state index contributed by atoms with van der Waals surface area (Å²) in [6, 6.07) is 0. The Balaban J connectivity index is 4.31. The Hall–Kier alpha value is -1.59. The topological polar surface area (TPSA) is 78.9 Å². The lowest BCUT2D eigenvalue weighted by molar-refractivity contribution is -0.167. The van der Waals surface area contributed by atoms with Gasteiger partial charge in [-0.2, -0.15) is 0 Å². The van der Waals surface area contributed by atoms with Crippen LogP contribution in [0.3, 0.4) is 0 Å². The van der Waals surface area contributed by atoms with E-state index in [2.05, 4.69) is 34.6 Å². The average molecular weight is 835 g/mol. The molecule has 0 N–H and O–H groups in total. The average Bonchev–Trinajstić information content (AvgIpc) is 3.22. The molecular weight excluding hydrogens is 733 g/mol. The molecule has 6 heteroatoms. The third-order valence-corrected chi connectivity index (χ3v) is 12.3. The summed E-state index contributed by atoms with van der Waals surface area (Å²) in [5, 5.41) is 0. The van der Waals surface area contributed by atoms with Gasteiger partial charge in [-0.05, 0) is 31.1 Å². The van der Waals surface area contributed by atoms with Crippen molar-refractivity contribution >= 4 is 17.9 Å². The zero-order valence-electron chi connectivity index (χ0n) is 40.4. The van der Waals surface area contributed by atoms with Crippen LogP contribution in [0.15, 0.2) is 0 Å². The molecule has 0 bridgehead atoms. The molecule has 0 aromatic carbocycles. The van der Waals surface area contributed by atoms with E-state index in [0.717, 1.165) is 69.6 Å². The van der Waals surface area contributed by atoms with Crippen LogP contribution in [0.1, 0.15) is 291 Å². The van der Waals surface area contributed by atoms with Crippen LogP contribution in [0.5, 0.6) is 0 Å². The van der Waals surface area contributed by atoms with Gasteiger partial charge in [0.05, 0.1) is 0 Å². The molecule has 2 atom stereocenters. The first-order chi connectivity index (χ1) is 28.8. The van der Waals surface area contributed by atoms with Gasteiger partial charge >= 0.3 is 17.9 Å². The van der Waals surface area contributed by atoms with E-state index in [0.29, 0.717) is 19.3 Å². The number of esters is 3. The quantitative estimate of drug-likeness (QED) is 0.0345. The molecule has 0 rings (SSSR count). The van der Waals surface area contributed by atoms with Crippen LogP contribution in [-0.2, 0) is 28.6 Å². The molecule has 0 aliphatic rings. The van der Waals surface area contributed by atoms with Gasteiger partial charge in [0.25, 0.3) is 0 Å². The maximum atomic E-state index is 12.8. The predicted molar refractivity (Wildman–Crippen MR) is 252 cm³/mol. The lowest BCUT2D eigenvalue weighted by Gasteiger charge is -2.18. The van der Waals surface area contributed by atoms with Gasteiger partial charge in [-0.1, -0.05) is 253 Å². The summed E-state index contributed by atoms with van der Waals surface area (Å²) < 4.78 is 16.8. The first-order valence-electron chi connectivity index (χ1n) is 26.3. The van der Waals surface area contributed by atoms with E-state index < -0.39 is 6.10 Å². The Morgan fingerprint density at radius 3 is 0.966 bits per heavy atom. The first kappa shape index (κ1) is 57.4. The van der Waals surface area contributed by atoms with E-state index in [-0.39, 0.29) is 31.1 Å². The number of hydrogen-bond donors (Lipinski definition) is 0. The number of carbonyl (C=O) groups is 3. The summed E-state index contributed by atoms with van der Waals surface area (Å²) in [6.07, 6.45) is 46.5. The molecule has 0 fully saturated rings. The molecule has 0 aromatic rings. The van der Waals surface area contributed by atoms with Crippen LogP contribution in [-0.4, -0.2) is 37.2 Å². The lowest BCUT2D eigenvalue weighted by atomic mass is 9.99. The Labute approximate surface area is 368 Å². The standard InChI is InChI=1S/C53H102O6/c1-6-8-9-10-11-12-13-14-15-16-19-22-28-33-38-43-51(54)57-46-50(59-53(56)45-40-35-30-25-24-27-32-37-42-49(5)7-2)47-58-52(55)44-39-34-29-23-20-17-18-21-26-31-36-41-48(3)4/h48-50H,6-47H2,1-5H3/t49?,50-/m0/s1. The predicted octanol–water partition coefficient (Wildman–Crippen LogP) is 16.9. The van der Waals surface area contributed by atoms with E-state index >= 15 is 0 Å². The molecule has 0 saturated carbocycles. The van der Waals surface area contributed by atoms with Crippen molar-refractivity contribution in [3.8, 4) is 0 Å². The molecule has 0 aliphatic heterocycles. The van der Waals surface area contributed by atoms with Gasteiger partial charge < -0.3 is 14.2 Å². The van der Waals surface area contributed by atoms with E-state index in [9.17, 15) is 14.4 Å². The maximum absolute atomic E-state index is 12.8. The number of hydrogen-bond acceptors (Lipinski definition) is 6. The van der Waals surface area contributed by atoms with Crippen LogP contribution in [0.2, 0.25) is 0 Å². The molecule has 0 amide bonds. The third kappa shape index (κ3) is 45.8. The number of unbranched alkanes of at least 4 members (excludes halogenated alkanes) is 31. The lowest BCUT2D eigenvalue weighted by Crippen LogP contribution is -2.30. The van der Waals surface area contributed by atoms with Gasteiger partial charge in [-0.25, -0.2) is 0 Å². The largest absolute Gasteiger partial charge is 0.462 e. The van der Waals surface area contributed by atoms with Crippen molar-refractivity contribution in [2.75, 3.05) is 13.2 Å². The zero-order valence-corrected chi connectivity index (χ0v) is 40.4. The van der Waals surface area contributed by atoms with Gasteiger partial charge in [0, 0.05) is 19.3 Å². The van der Waals surface area contributed by atoms with Crippen LogP contribution in [0.4, 0.5) is 0 Å². The van der Waals surface area contributed by atoms with Gasteiger partial charge in [0.1, 0.15) is 13.2 Å². The van der Waals surface area contributed by atoms with Crippen molar-refractivity contribution < 1.29 is 28.6 Å². The minimum atomic E-state index is -0.762. The highest BCUT2D eigenvalue weighted by molar-refractivity contribution is 5.71. The van der Waals surface area contributed by atoms with Crippen molar-refractivity contribution in [2.24, 2.45) is 11.8 Å². The smallest absolute Gasteiger partial charge is 0.306 e. The fourth-order valence-electron chi connectivity index (χ4n) is 7.96. The van der Waals surface area contributed by atoms with Crippen molar-refractivity contribution in [3.05, 3.63) is 0 Å². The van der Waals surface area contributed by atoms with E-state index in [1.54, 1.807) is 0 Å². The fraction of sp³-hybridized carbons (Fsp3) is 0.943. The highest BCUT2D eigenvalue weighted by Crippen LogP contribution is 2.18. The van der Waals surface area contributed by atoms with Crippen molar-refractivity contribution in [3.63, 3.8) is 0 Å². The Morgan fingerprint density at radius 1 is 0.356 bits per heavy atom. The van der Waals surface area contributed by atoms with Crippen LogP contribution >= 0.6 is 0 Å². The highest BCUT2D eigenvalue weighted by Gasteiger charge is 2.19. The Kier molecular flexibility index (Phi) is 44.7. The number of rotatable bonds is 47. The van der Waals surface area contributed by atoms with Gasteiger partial charge in [-0.15, -0.1) is 0 Å². The molecule has 0 aliphatic carbocycles. The molecule has 0 aromatic heterocycles. The molecule has 0 spiro atoms. The van der Waals surface area contributed by atoms with Crippen molar-refractivity contribution in [1.82, 2.24) is 0 Å². The molecule has 0 heterocycles. The third-order valence-electron chi connectivity index (χ3n) is 12.3. The minimum absolute atomic E-state index is 0.0639. The second-order valence-electron chi connectivity index (χ2n) is 18.9. The van der Waals surface area contributed by atoms with Crippen molar-refractivity contribution in [1.29, 1.82) is 0 Å².